The zero-order chi connectivity index (χ0) is 13.4. The quantitative estimate of drug-likeness (QED) is 0.778. The van der Waals surface area contributed by atoms with Crippen LogP contribution in [0.25, 0.3) is 0 Å². The number of amides is 1. The van der Waals surface area contributed by atoms with E-state index in [0.29, 0.717) is 0 Å². The molecule has 0 N–H and O–H groups in total. The van der Waals surface area contributed by atoms with Crippen molar-refractivity contribution in [2.75, 3.05) is 11.9 Å². The molecule has 1 amide bonds. The number of carbonyl (C=O) groups is 1. The summed E-state index contributed by atoms with van der Waals surface area (Å²) in [6, 6.07) is 8.12. The van der Waals surface area contributed by atoms with E-state index in [-0.39, 0.29) is 11.8 Å². The first-order valence-electron chi connectivity index (χ1n) is 6.42. The number of rotatable bonds is 3. The minimum absolute atomic E-state index is 0.0419. The van der Waals surface area contributed by atoms with Crippen LogP contribution in [0.4, 0.5) is 5.69 Å². The molecule has 0 bridgehead atoms. The lowest BCUT2D eigenvalue weighted by Gasteiger charge is -2.20. The fourth-order valence-electron chi connectivity index (χ4n) is 1.50. The fraction of sp³-hybridized carbons (Fsp3) is 0.533. The van der Waals surface area contributed by atoms with E-state index in [0.717, 1.165) is 12.1 Å². The van der Waals surface area contributed by atoms with E-state index in [1.807, 2.05) is 46.9 Å². The maximum absolute atomic E-state index is 11.8. The van der Waals surface area contributed by atoms with Crippen molar-refractivity contribution in [3.05, 3.63) is 29.8 Å². The number of aryl methyl sites for hydroxylation is 1. The van der Waals surface area contributed by atoms with Crippen molar-refractivity contribution in [2.24, 2.45) is 5.92 Å². The van der Waals surface area contributed by atoms with Gasteiger partial charge in [0, 0.05) is 18.7 Å². The van der Waals surface area contributed by atoms with Gasteiger partial charge in [-0.05, 0) is 24.1 Å². The van der Waals surface area contributed by atoms with Crippen LogP contribution < -0.4 is 4.90 Å². The van der Waals surface area contributed by atoms with Gasteiger partial charge in [-0.1, -0.05) is 46.8 Å². The summed E-state index contributed by atoms with van der Waals surface area (Å²) in [4.78, 5) is 13.5. The van der Waals surface area contributed by atoms with Gasteiger partial charge >= 0.3 is 0 Å². The van der Waals surface area contributed by atoms with E-state index in [1.54, 1.807) is 4.90 Å². The van der Waals surface area contributed by atoms with Gasteiger partial charge in [0.25, 0.3) is 0 Å². The molecule has 0 aromatic heterocycles. The molecule has 2 heteroatoms. The molecule has 0 heterocycles. The molecular weight excluding hydrogens is 210 g/mol. The van der Waals surface area contributed by atoms with Gasteiger partial charge in [-0.25, -0.2) is 0 Å². The van der Waals surface area contributed by atoms with Crippen LogP contribution in [0, 0.1) is 5.92 Å². The zero-order valence-electron chi connectivity index (χ0n) is 11.9. The van der Waals surface area contributed by atoms with Crippen LogP contribution in [0.15, 0.2) is 24.3 Å². The molecule has 0 aliphatic carbocycles. The van der Waals surface area contributed by atoms with Crippen LogP contribution in [0.3, 0.4) is 0 Å². The van der Waals surface area contributed by atoms with E-state index in [9.17, 15) is 4.79 Å². The summed E-state index contributed by atoms with van der Waals surface area (Å²) >= 11 is 0. The van der Waals surface area contributed by atoms with Gasteiger partial charge in [0.1, 0.15) is 0 Å². The molecule has 0 atom stereocenters. The smallest absolute Gasteiger partial charge is 0.229 e. The molecule has 1 aromatic carbocycles. The zero-order valence-corrected chi connectivity index (χ0v) is 11.9. The van der Waals surface area contributed by atoms with E-state index in [1.165, 1.54) is 5.56 Å². The summed E-state index contributed by atoms with van der Waals surface area (Å²) in [6.45, 7) is 9.95. The summed E-state index contributed by atoms with van der Waals surface area (Å²) in [5.74, 6) is 0.198. The first-order chi connectivity index (χ1) is 8.06. The second kappa shape index (κ2) is 7.88. The van der Waals surface area contributed by atoms with Crippen LogP contribution in [0.1, 0.15) is 40.2 Å². The highest BCUT2D eigenvalue weighted by Gasteiger charge is 2.14. The first kappa shape index (κ1) is 15.7. The lowest BCUT2D eigenvalue weighted by atomic mass is 10.1. The molecule has 0 fully saturated rings. The molecule has 0 aliphatic heterocycles. The van der Waals surface area contributed by atoms with Crippen LogP contribution in [-0.4, -0.2) is 13.0 Å². The largest absolute Gasteiger partial charge is 0.315 e. The number of nitrogens with zero attached hydrogens (tertiary/aromatic N) is 1. The average molecular weight is 235 g/mol. The predicted molar refractivity (Wildman–Crippen MR) is 75.4 cm³/mol. The monoisotopic (exact) mass is 235 g/mol. The molecule has 0 saturated heterocycles. The molecule has 0 unspecified atom stereocenters. The van der Waals surface area contributed by atoms with Gasteiger partial charge in [0.05, 0.1) is 0 Å². The van der Waals surface area contributed by atoms with Gasteiger partial charge in [-0.2, -0.15) is 0 Å². The summed E-state index contributed by atoms with van der Waals surface area (Å²) < 4.78 is 0. The van der Waals surface area contributed by atoms with Gasteiger partial charge in [-0.3, -0.25) is 4.79 Å². The molecular formula is C15H25NO. The second-order valence-electron chi connectivity index (χ2n) is 4.08. The van der Waals surface area contributed by atoms with Crippen molar-refractivity contribution in [2.45, 2.75) is 41.0 Å². The van der Waals surface area contributed by atoms with Crippen LogP contribution in [-0.2, 0) is 11.2 Å². The highest BCUT2D eigenvalue weighted by Crippen LogP contribution is 2.17. The van der Waals surface area contributed by atoms with Gasteiger partial charge in [0.2, 0.25) is 5.91 Å². The van der Waals surface area contributed by atoms with Crippen molar-refractivity contribution < 1.29 is 4.79 Å². The highest BCUT2D eigenvalue weighted by atomic mass is 16.2. The Morgan fingerprint density at radius 3 is 2.35 bits per heavy atom. The number of anilines is 1. The number of benzene rings is 1. The molecule has 96 valence electrons. The fourth-order valence-corrected chi connectivity index (χ4v) is 1.50. The Bertz CT molecular complexity index is 345. The maximum atomic E-state index is 11.8. The molecule has 1 rings (SSSR count). The lowest BCUT2D eigenvalue weighted by Crippen LogP contribution is -2.30. The number of hydrogen-bond donors (Lipinski definition) is 0. The maximum Gasteiger partial charge on any atom is 0.229 e. The van der Waals surface area contributed by atoms with E-state index in [4.69, 9.17) is 0 Å². The van der Waals surface area contributed by atoms with Crippen molar-refractivity contribution in [3.63, 3.8) is 0 Å². The topological polar surface area (TPSA) is 20.3 Å². The van der Waals surface area contributed by atoms with Crippen molar-refractivity contribution in [1.82, 2.24) is 0 Å². The summed E-state index contributed by atoms with van der Waals surface area (Å²) in [5.41, 5.74) is 2.24. The Hall–Kier alpha value is -1.31. The van der Waals surface area contributed by atoms with Crippen LogP contribution >= 0.6 is 0 Å². The summed E-state index contributed by atoms with van der Waals surface area (Å²) in [6.07, 6.45) is 0.998. The Balaban J connectivity index is 0.00000121. The normalized spacial score (nSPS) is 9.59. The minimum atomic E-state index is 0.0419. The Labute approximate surface area is 106 Å². The van der Waals surface area contributed by atoms with Crippen LogP contribution in [0.2, 0.25) is 0 Å². The third-order valence-corrected chi connectivity index (χ3v) is 2.53. The van der Waals surface area contributed by atoms with Crippen molar-refractivity contribution in [1.29, 1.82) is 0 Å². The minimum Gasteiger partial charge on any atom is -0.315 e. The second-order valence-corrected chi connectivity index (χ2v) is 4.08. The SMILES string of the molecule is CC.CCc1cccc(N(C)C(=O)C(C)C)c1. The highest BCUT2D eigenvalue weighted by molar-refractivity contribution is 5.94. The van der Waals surface area contributed by atoms with E-state index in [2.05, 4.69) is 19.1 Å². The predicted octanol–water partition coefficient (Wildman–Crippen LogP) is 3.89. The lowest BCUT2D eigenvalue weighted by molar-refractivity contribution is -0.121. The molecule has 0 spiro atoms. The standard InChI is InChI=1S/C13H19NO.C2H6/c1-5-11-7-6-8-12(9-11)14(4)13(15)10(2)3;1-2/h6-10H,5H2,1-4H3;1-2H3. The molecule has 17 heavy (non-hydrogen) atoms. The summed E-state index contributed by atoms with van der Waals surface area (Å²) in [5, 5.41) is 0. The van der Waals surface area contributed by atoms with E-state index < -0.39 is 0 Å². The molecule has 0 aliphatic rings. The Kier molecular flexibility index (Phi) is 7.27. The number of hydrogen-bond acceptors (Lipinski definition) is 1. The Morgan fingerprint density at radius 1 is 1.29 bits per heavy atom. The van der Waals surface area contributed by atoms with Gasteiger partial charge in [0.15, 0.2) is 0 Å². The molecule has 1 aromatic rings. The summed E-state index contributed by atoms with van der Waals surface area (Å²) in [7, 11) is 1.83. The van der Waals surface area contributed by atoms with Crippen molar-refractivity contribution >= 4 is 11.6 Å². The molecule has 2 nitrogen and oxygen atoms in total. The van der Waals surface area contributed by atoms with Gasteiger partial charge in [-0.15, -0.1) is 0 Å². The Morgan fingerprint density at radius 2 is 1.88 bits per heavy atom. The average Bonchev–Trinajstić information content (AvgIpc) is 2.39. The van der Waals surface area contributed by atoms with E-state index >= 15 is 0 Å². The third kappa shape index (κ3) is 4.59. The molecule has 0 radical (unpaired) electrons. The molecule has 0 saturated carbocycles. The number of carbonyl (C=O) groups excluding carboxylic acids is 1. The van der Waals surface area contributed by atoms with Gasteiger partial charge < -0.3 is 4.90 Å². The third-order valence-electron chi connectivity index (χ3n) is 2.53. The van der Waals surface area contributed by atoms with Crippen molar-refractivity contribution in [3.8, 4) is 0 Å². The first-order valence-corrected chi connectivity index (χ1v) is 6.42. The van der Waals surface area contributed by atoms with Crippen LogP contribution in [0.5, 0.6) is 0 Å².